The molecule has 0 spiro atoms. The first-order chi connectivity index (χ1) is 11.4. The maximum absolute atomic E-state index is 12.0. The highest BCUT2D eigenvalue weighted by Gasteiger charge is 2.12. The van der Waals surface area contributed by atoms with Crippen LogP contribution in [-0.4, -0.2) is 24.2 Å². The number of rotatable bonds is 7. The second kappa shape index (κ2) is 7.90. The second-order valence-electron chi connectivity index (χ2n) is 6.08. The Kier molecular flexibility index (Phi) is 5.90. The molecule has 1 aromatic carbocycles. The summed E-state index contributed by atoms with van der Waals surface area (Å²) >= 11 is 0. The number of hydrogen-bond acceptors (Lipinski definition) is 3. The van der Waals surface area contributed by atoms with Gasteiger partial charge in [0.2, 0.25) is 0 Å². The number of aromatic nitrogens is 1. The zero-order valence-corrected chi connectivity index (χ0v) is 15.1. The van der Waals surface area contributed by atoms with Crippen molar-refractivity contribution in [1.29, 1.82) is 0 Å². The summed E-state index contributed by atoms with van der Waals surface area (Å²) < 4.78 is 13.0. The van der Waals surface area contributed by atoms with Crippen LogP contribution in [0, 0.1) is 13.8 Å². The molecule has 0 saturated heterocycles. The molecule has 2 rings (SSSR count). The zero-order valence-electron chi connectivity index (χ0n) is 15.1. The number of amides is 1. The van der Waals surface area contributed by atoms with Gasteiger partial charge in [0.25, 0.3) is 5.91 Å². The molecule has 0 radical (unpaired) electrons. The van der Waals surface area contributed by atoms with E-state index in [0.717, 1.165) is 5.56 Å². The fourth-order valence-corrected chi connectivity index (χ4v) is 2.95. The minimum Gasteiger partial charge on any atom is -0.493 e. The Labute approximate surface area is 143 Å². The van der Waals surface area contributed by atoms with Gasteiger partial charge in [0, 0.05) is 24.0 Å². The van der Waals surface area contributed by atoms with Crippen LogP contribution in [0.5, 0.6) is 11.5 Å². The third-order valence-electron chi connectivity index (χ3n) is 4.01. The van der Waals surface area contributed by atoms with Crippen LogP contribution in [0.4, 0.5) is 0 Å². The molecule has 0 aliphatic rings. The SMILES string of the molecule is COc1ccccc1OCC(=O)NCc1cc(C)n(C(C)C)c1C. The summed E-state index contributed by atoms with van der Waals surface area (Å²) in [5.74, 6) is 1.02. The van der Waals surface area contributed by atoms with Crippen molar-refractivity contribution in [3.8, 4) is 11.5 Å². The highest BCUT2D eigenvalue weighted by molar-refractivity contribution is 5.77. The van der Waals surface area contributed by atoms with Crippen LogP contribution in [-0.2, 0) is 11.3 Å². The van der Waals surface area contributed by atoms with E-state index in [-0.39, 0.29) is 12.5 Å². The quantitative estimate of drug-likeness (QED) is 0.846. The molecular formula is C19H26N2O3. The van der Waals surface area contributed by atoms with Gasteiger partial charge in [-0.2, -0.15) is 0 Å². The van der Waals surface area contributed by atoms with Crippen molar-refractivity contribution in [3.63, 3.8) is 0 Å². The lowest BCUT2D eigenvalue weighted by molar-refractivity contribution is -0.123. The first-order valence-electron chi connectivity index (χ1n) is 8.13. The fourth-order valence-electron chi connectivity index (χ4n) is 2.95. The van der Waals surface area contributed by atoms with Crippen LogP contribution >= 0.6 is 0 Å². The number of carbonyl (C=O) groups excluding carboxylic acids is 1. The molecule has 2 aromatic rings. The lowest BCUT2D eigenvalue weighted by Gasteiger charge is -2.14. The summed E-state index contributed by atoms with van der Waals surface area (Å²) in [6.07, 6.45) is 0. The lowest BCUT2D eigenvalue weighted by Crippen LogP contribution is -2.28. The summed E-state index contributed by atoms with van der Waals surface area (Å²) in [5.41, 5.74) is 3.53. The van der Waals surface area contributed by atoms with Crippen molar-refractivity contribution in [3.05, 3.63) is 47.3 Å². The summed E-state index contributed by atoms with van der Waals surface area (Å²) in [4.78, 5) is 12.0. The number of benzene rings is 1. The third kappa shape index (κ3) is 4.10. The van der Waals surface area contributed by atoms with E-state index in [2.05, 4.69) is 43.6 Å². The van der Waals surface area contributed by atoms with Gasteiger partial charge in [-0.25, -0.2) is 0 Å². The van der Waals surface area contributed by atoms with Crippen molar-refractivity contribution in [2.75, 3.05) is 13.7 Å². The van der Waals surface area contributed by atoms with Gasteiger partial charge in [-0.3, -0.25) is 4.79 Å². The molecule has 1 N–H and O–H groups in total. The average Bonchev–Trinajstić information content (AvgIpc) is 2.85. The van der Waals surface area contributed by atoms with Gasteiger partial charge in [0.1, 0.15) is 0 Å². The average molecular weight is 330 g/mol. The molecule has 1 heterocycles. The van der Waals surface area contributed by atoms with E-state index in [0.29, 0.717) is 24.1 Å². The number of nitrogens with zero attached hydrogens (tertiary/aromatic N) is 1. The van der Waals surface area contributed by atoms with Gasteiger partial charge in [0.15, 0.2) is 18.1 Å². The topological polar surface area (TPSA) is 52.5 Å². The van der Waals surface area contributed by atoms with E-state index in [1.807, 2.05) is 12.1 Å². The van der Waals surface area contributed by atoms with Gasteiger partial charge in [0.05, 0.1) is 7.11 Å². The first kappa shape index (κ1) is 17.9. The molecule has 5 heteroatoms. The molecule has 0 bridgehead atoms. The van der Waals surface area contributed by atoms with Crippen LogP contribution < -0.4 is 14.8 Å². The zero-order chi connectivity index (χ0) is 17.7. The van der Waals surface area contributed by atoms with Gasteiger partial charge in [-0.05, 0) is 51.5 Å². The Morgan fingerprint density at radius 1 is 1.21 bits per heavy atom. The van der Waals surface area contributed by atoms with Gasteiger partial charge >= 0.3 is 0 Å². The van der Waals surface area contributed by atoms with Crippen molar-refractivity contribution in [1.82, 2.24) is 9.88 Å². The molecule has 130 valence electrons. The van der Waals surface area contributed by atoms with Gasteiger partial charge in [-0.15, -0.1) is 0 Å². The van der Waals surface area contributed by atoms with Crippen molar-refractivity contribution >= 4 is 5.91 Å². The van der Waals surface area contributed by atoms with E-state index in [1.165, 1.54) is 11.4 Å². The van der Waals surface area contributed by atoms with Gasteiger partial charge < -0.3 is 19.4 Å². The summed E-state index contributed by atoms with van der Waals surface area (Å²) in [6, 6.07) is 9.81. The molecule has 0 atom stereocenters. The Balaban J connectivity index is 1.91. The number of methoxy groups -OCH3 is 1. The monoisotopic (exact) mass is 330 g/mol. The van der Waals surface area contributed by atoms with Crippen molar-refractivity contribution < 1.29 is 14.3 Å². The normalized spacial score (nSPS) is 10.8. The van der Waals surface area contributed by atoms with Crippen LogP contribution in [0.3, 0.4) is 0 Å². The lowest BCUT2D eigenvalue weighted by atomic mass is 10.2. The molecule has 0 saturated carbocycles. The molecule has 0 fully saturated rings. The van der Waals surface area contributed by atoms with Crippen molar-refractivity contribution in [2.45, 2.75) is 40.3 Å². The molecule has 5 nitrogen and oxygen atoms in total. The Hall–Kier alpha value is -2.43. The maximum atomic E-state index is 12.0. The van der Waals surface area contributed by atoms with E-state index in [1.54, 1.807) is 19.2 Å². The minimum atomic E-state index is -0.157. The first-order valence-corrected chi connectivity index (χ1v) is 8.13. The third-order valence-corrected chi connectivity index (χ3v) is 4.01. The van der Waals surface area contributed by atoms with Crippen LogP contribution in [0.15, 0.2) is 30.3 Å². The smallest absolute Gasteiger partial charge is 0.258 e. The number of hydrogen-bond donors (Lipinski definition) is 1. The number of nitrogens with one attached hydrogen (secondary N) is 1. The summed E-state index contributed by atoms with van der Waals surface area (Å²) in [5, 5.41) is 2.91. The largest absolute Gasteiger partial charge is 0.493 e. The molecule has 24 heavy (non-hydrogen) atoms. The number of ether oxygens (including phenoxy) is 2. The maximum Gasteiger partial charge on any atom is 0.258 e. The molecule has 1 amide bonds. The molecule has 0 unspecified atom stereocenters. The molecule has 1 aromatic heterocycles. The van der Waals surface area contributed by atoms with Crippen LogP contribution in [0.1, 0.15) is 36.8 Å². The van der Waals surface area contributed by atoms with E-state index in [9.17, 15) is 4.79 Å². The number of aryl methyl sites for hydroxylation is 1. The summed E-state index contributed by atoms with van der Waals surface area (Å²) in [6.45, 7) is 8.94. The van der Waals surface area contributed by atoms with E-state index < -0.39 is 0 Å². The minimum absolute atomic E-state index is 0.0384. The Bertz CT molecular complexity index is 705. The highest BCUT2D eigenvalue weighted by atomic mass is 16.5. The standard InChI is InChI=1S/C19H26N2O3/c1-13(2)21-14(3)10-16(15(21)4)11-20-19(22)12-24-18-9-7-6-8-17(18)23-5/h6-10,13H,11-12H2,1-5H3,(H,20,22). The number of carbonyl (C=O) groups is 1. The predicted molar refractivity (Wildman–Crippen MR) is 94.6 cm³/mol. The van der Waals surface area contributed by atoms with Crippen LogP contribution in [0.25, 0.3) is 0 Å². The van der Waals surface area contributed by atoms with E-state index in [4.69, 9.17) is 9.47 Å². The summed E-state index contributed by atoms with van der Waals surface area (Å²) in [7, 11) is 1.58. The Morgan fingerprint density at radius 2 is 1.88 bits per heavy atom. The molecule has 0 aliphatic heterocycles. The van der Waals surface area contributed by atoms with Crippen molar-refractivity contribution in [2.24, 2.45) is 0 Å². The van der Waals surface area contributed by atoms with Crippen LogP contribution in [0.2, 0.25) is 0 Å². The molecule has 0 aliphatic carbocycles. The highest BCUT2D eigenvalue weighted by Crippen LogP contribution is 2.25. The predicted octanol–water partition coefficient (Wildman–Crippen LogP) is 3.39. The second-order valence-corrected chi connectivity index (χ2v) is 6.08. The number of para-hydroxylation sites is 2. The fraction of sp³-hybridized carbons (Fsp3) is 0.421. The van der Waals surface area contributed by atoms with E-state index >= 15 is 0 Å². The molecular weight excluding hydrogens is 304 g/mol. The van der Waals surface area contributed by atoms with Gasteiger partial charge in [-0.1, -0.05) is 12.1 Å². The Morgan fingerprint density at radius 3 is 2.46 bits per heavy atom.